The van der Waals surface area contributed by atoms with E-state index in [4.69, 9.17) is 4.42 Å². The van der Waals surface area contributed by atoms with E-state index in [-0.39, 0.29) is 48.4 Å². The number of nitrogens with zero attached hydrogens (tertiary/aromatic N) is 3. The van der Waals surface area contributed by atoms with Gasteiger partial charge in [0.25, 0.3) is 11.6 Å². The molecule has 2 aromatic carbocycles. The Hall–Kier alpha value is -3.50. The molecule has 2 heterocycles. The minimum Gasteiger partial charge on any atom is -0.451 e. The summed E-state index contributed by atoms with van der Waals surface area (Å²) in [4.78, 5) is 25.0. The van der Waals surface area contributed by atoms with Crippen LogP contribution in [-0.2, 0) is 10.0 Å². The van der Waals surface area contributed by atoms with Crippen LogP contribution in [0.5, 0.6) is 0 Å². The molecule has 172 valence electrons. The van der Waals surface area contributed by atoms with E-state index < -0.39 is 14.9 Å². The molecule has 0 aliphatic carbocycles. The number of sulfonamides is 1. The van der Waals surface area contributed by atoms with Crippen LogP contribution in [0.3, 0.4) is 0 Å². The number of carbonyl (C=O) groups is 1. The maximum atomic E-state index is 13.1. The number of non-ortho nitro benzene ring substituents is 1. The Morgan fingerprint density at radius 1 is 0.970 bits per heavy atom. The molecule has 0 atom stereocenters. The average Bonchev–Trinajstić information content (AvgIpc) is 3.29. The highest BCUT2D eigenvalue weighted by molar-refractivity contribution is 7.89. The Morgan fingerprint density at radius 2 is 1.64 bits per heavy atom. The van der Waals surface area contributed by atoms with Gasteiger partial charge in [0.2, 0.25) is 10.0 Å². The van der Waals surface area contributed by atoms with Crippen molar-refractivity contribution >= 4 is 21.6 Å². The molecule has 9 nitrogen and oxygen atoms in total. The Labute approximate surface area is 191 Å². The fourth-order valence-electron chi connectivity index (χ4n) is 3.87. The third kappa shape index (κ3) is 4.53. The molecule has 10 heteroatoms. The fourth-order valence-corrected chi connectivity index (χ4v) is 5.50. The number of benzene rings is 2. The van der Waals surface area contributed by atoms with E-state index in [1.165, 1.54) is 16.4 Å². The topological polar surface area (TPSA) is 114 Å². The summed E-state index contributed by atoms with van der Waals surface area (Å²) in [5.74, 6) is 0.227. The standard InChI is InChI=1S/C23H23N3O6S/c1-16-3-10-22(17(2)15-16)33(30,31)25-13-11-24(12-14-25)23(27)21-9-8-20(32-21)18-4-6-19(7-5-18)26(28)29/h3-10,15H,11-14H2,1-2H3. The lowest BCUT2D eigenvalue weighted by atomic mass is 10.1. The number of hydrogen-bond acceptors (Lipinski definition) is 6. The zero-order valence-corrected chi connectivity index (χ0v) is 19.0. The van der Waals surface area contributed by atoms with E-state index >= 15 is 0 Å². The number of piperazine rings is 1. The van der Waals surface area contributed by atoms with Crippen LogP contribution in [0.2, 0.25) is 0 Å². The van der Waals surface area contributed by atoms with Crippen LogP contribution in [0.4, 0.5) is 5.69 Å². The van der Waals surface area contributed by atoms with Crippen molar-refractivity contribution in [3.8, 4) is 11.3 Å². The molecule has 1 fully saturated rings. The van der Waals surface area contributed by atoms with Crippen LogP contribution >= 0.6 is 0 Å². The summed E-state index contributed by atoms with van der Waals surface area (Å²) in [7, 11) is -3.64. The lowest BCUT2D eigenvalue weighted by Gasteiger charge is -2.33. The van der Waals surface area contributed by atoms with E-state index in [2.05, 4.69) is 0 Å². The molecule has 3 aromatic rings. The Balaban J connectivity index is 1.43. The first-order valence-corrected chi connectivity index (χ1v) is 11.8. The molecule has 33 heavy (non-hydrogen) atoms. The van der Waals surface area contributed by atoms with Gasteiger partial charge in [0.05, 0.1) is 9.82 Å². The first kappa shape index (κ1) is 22.7. The number of amides is 1. The number of hydrogen-bond donors (Lipinski definition) is 0. The Kier molecular flexibility index (Phi) is 6.05. The van der Waals surface area contributed by atoms with Crippen LogP contribution in [0, 0.1) is 24.0 Å². The predicted molar refractivity (Wildman–Crippen MR) is 121 cm³/mol. The Morgan fingerprint density at radius 3 is 2.24 bits per heavy atom. The maximum Gasteiger partial charge on any atom is 0.289 e. The number of nitro groups is 1. The molecule has 1 aliphatic rings. The third-order valence-corrected chi connectivity index (χ3v) is 7.71. The van der Waals surface area contributed by atoms with E-state index in [1.807, 2.05) is 13.0 Å². The van der Waals surface area contributed by atoms with Crippen molar-refractivity contribution < 1.29 is 22.6 Å². The molecular weight excluding hydrogens is 446 g/mol. The monoisotopic (exact) mass is 469 g/mol. The molecule has 1 aromatic heterocycles. The number of nitro benzene ring substituents is 1. The van der Waals surface area contributed by atoms with E-state index in [1.54, 1.807) is 48.2 Å². The van der Waals surface area contributed by atoms with Gasteiger partial charge in [-0.25, -0.2) is 8.42 Å². The van der Waals surface area contributed by atoms with Gasteiger partial charge in [-0.1, -0.05) is 17.7 Å². The molecule has 1 aliphatic heterocycles. The highest BCUT2D eigenvalue weighted by atomic mass is 32.2. The molecular formula is C23H23N3O6S. The van der Waals surface area contributed by atoms with Crippen LogP contribution in [0.15, 0.2) is 63.9 Å². The first-order chi connectivity index (χ1) is 15.7. The van der Waals surface area contributed by atoms with Crippen molar-refractivity contribution in [2.45, 2.75) is 18.7 Å². The van der Waals surface area contributed by atoms with Gasteiger partial charge in [-0.15, -0.1) is 0 Å². The predicted octanol–water partition coefficient (Wildman–Crippen LogP) is 3.62. The minimum absolute atomic E-state index is 0.0322. The summed E-state index contributed by atoms with van der Waals surface area (Å²) >= 11 is 0. The molecule has 0 radical (unpaired) electrons. The van der Waals surface area contributed by atoms with Crippen LogP contribution < -0.4 is 0 Å². The molecule has 1 saturated heterocycles. The summed E-state index contributed by atoms with van der Waals surface area (Å²) in [5, 5.41) is 10.8. The van der Waals surface area contributed by atoms with Gasteiger partial charge in [0, 0.05) is 43.9 Å². The van der Waals surface area contributed by atoms with Crippen molar-refractivity contribution in [2.75, 3.05) is 26.2 Å². The molecule has 0 N–H and O–H groups in total. The average molecular weight is 470 g/mol. The van der Waals surface area contributed by atoms with E-state index in [0.717, 1.165) is 5.56 Å². The van der Waals surface area contributed by atoms with Crippen LogP contribution in [0.25, 0.3) is 11.3 Å². The summed E-state index contributed by atoms with van der Waals surface area (Å²) in [5.41, 5.74) is 2.27. The first-order valence-electron chi connectivity index (χ1n) is 10.4. The van der Waals surface area contributed by atoms with E-state index in [9.17, 15) is 23.3 Å². The number of rotatable bonds is 5. The molecule has 1 amide bonds. The number of aryl methyl sites for hydroxylation is 2. The third-order valence-electron chi connectivity index (χ3n) is 5.65. The van der Waals surface area contributed by atoms with Crippen LogP contribution in [-0.4, -0.2) is 54.6 Å². The van der Waals surface area contributed by atoms with Gasteiger partial charge >= 0.3 is 0 Å². The smallest absolute Gasteiger partial charge is 0.289 e. The van der Waals surface area contributed by atoms with Crippen molar-refractivity contribution in [1.29, 1.82) is 0 Å². The number of carbonyl (C=O) groups excluding carboxylic acids is 1. The molecule has 0 saturated carbocycles. The van der Waals surface area contributed by atoms with Gasteiger partial charge in [-0.3, -0.25) is 14.9 Å². The van der Waals surface area contributed by atoms with Crippen molar-refractivity contribution in [1.82, 2.24) is 9.21 Å². The van der Waals surface area contributed by atoms with Gasteiger partial charge in [-0.05, 0) is 49.7 Å². The summed E-state index contributed by atoms with van der Waals surface area (Å²) < 4.78 is 33.2. The second kappa shape index (κ2) is 8.80. The maximum absolute atomic E-state index is 13.1. The summed E-state index contributed by atoms with van der Waals surface area (Å²) in [6.07, 6.45) is 0. The summed E-state index contributed by atoms with van der Waals surface area (Å²) in [6.45, 7) is 4.57. The second-order valence-electron chi connectivity index (χ2n) is 7.93. The zero-order valence-electron chi connectivity index (χ0n) is 18.2. The molecule has 0 bridgehead atoms. The molecule has 0 spiro atoms. The normalized spacial score (nSPS) is 14.9. The highest BCUT2D eigenvalue weighted by Gasteiger charge is 2.32. The zero-order chi connectivity index (χ0) is 23.8. The van der Waals surface area contributed by atoms with Crippen molar-refractivity contribution in [2.24, 2.45) is 0 Å². The highest BCUT2D eigenvalue weighted by Crippen LogP contribution is 2.26. The second-order valence-corrected chi connectivity index (χ2v) is 9.84. The minimum atomic E-state index is -3.64. The van der Waals surface area contributed by atoms with Gasteiger partial charge in [-0.2, -0.15) is 4.31 Å². The lowest BCUT2D eigenvalue weighted by molar-refractivity contribution is -0.384. The largest absolute Gasteiger partial charge is 0.451 e. The van der Waals surface area contributed by atoms with Gasteiger partial charge in [0.1, 0.15) is 5.76 Å². The fraction of sp³-hybridized carbons (Fsp3) is 0.261. The van der Waals surface area contributed by atoms with Crippen molar-refractivity contribution in [3.63, 3.8) is 0 Å². The van der Waals surface area contributed by atoms with Crippen molar-refractivity contribution in [3.05, 3.63) is 81.6 Å². The number of furan rings is 1. The quantitative estimate of drug-likeness (QED) is 0.417. The summed E-state index contributed by atoms with van der Waals surface area (Å²) in [6, 6.07) is 14.3. The van der Waals surface area contributed by atoms with Gasteiger partial charge in [0.15, 0.2) is 5.76 Å². The lowest BCUT2D eigenvalue weighted by Crippen LogP contribution is -2.50. The molecule has 0 unspecified atom stereocenters. The van der Waals surface area contributed by atoms with E-state index in [0.29, 0.717) is 16.9 Å². The van der Waals surface area contributed by atoms with Crippen LogP contribution in [0.1, 0.15) is 21.7 Å². The molecule has 4 rings (SSSR count). The SMILES string of the molecule is Cc1ccc(S(=O)(=O)N2CCN(C(=O)c3ccc(-c4ccc([N+](=O)[O-])cc4)o3)CC2)c(C)c1. The van der Waals surface area contributed by atoms with Gasteiger partial charge < -0.3 is 9.32 Å². The Bertz CT molecular complexity index is 1310.